The zero-order chi connectivity index (χ0) is 23.6. The third-order valence-electron chi connectivity index (χ3n) is 4.62. The maximum absolute atomic E-state index is 12.6. The van der Waals surface area contributed by atoms with Gasteiger partial charge in [0.05, 0.1) is 12.7 Å². The Balaban J connectivity index is 1.66. The summed E-state index contributed by atoms with van der Waals surface area (Å²) < 4.78 is 17.2. The molecule has 9 heteroatoms. The van der Waals surface area contributed by atoms with Crippen molar-refractivity contribution >= 4 is 34.7 Å². The Morgan fingerprint density at radius 2 is 1.88 bits per heavy atom. The summed E-state index contributed by atoms with van der Waals surface area (Å²) in [4.78, 5) is 16.5. The Labute approximate surface area is 197 Å². The average molecular weight is 467 g/mol. The fraction of sp³-hybridized carbons (Fsp3) is 0.250. The van der Waals surface area contributed by atoms with Gasteiger partial charge in [0.25, 0.3) is 5.91 Å². The third kappa shape index (κ3) is 6.63. The van der Waals surface area contributed by atoms with Gasteiger partial charge in [-0.25, -0.2) is 0 Å². The predicted octanol–water partition coefficient (Wildman–Crippen LogP) is 4.34. The number of aliphatic imine (C=N–C) groups is 1. The lowest BCUT2D eigenvalue weighted by atomic mass is 10.1. The van der Waals surface area contributed by atoms with Crippen LogP contribution in [0.1, 0.15) is 16.7 Å². The summed E-state index contributed by atoms with van der Waals surface area (Å²) in [5.74, 6) is 1.68. The van der Waals surface area contributed by atoms with Gasteiger partial charge in [0, 0.05) is 13.3 Å². The van der Waals surface area contributed by atoms with E-state index in [0.29, 0.717) is 35.4 Å². The molecule has 1 amide bonds. The SMILES string of the molecule is CN=C/C(=C/c1ccc(OCCOc2c(C)cccc2C)c(OC)c1)C(=O)Nc1nncs1. The molecule has 33 heavy (non-hydrogen) atoms. The Morgan fingerprint density at radius 1 is 1.12 bits per heavy atom. The minimum absolute atomic E-state index is 0.333. The lowest BCUT2D eigenvalue weighted by Crippen LogP contribution is -2.15. The van der Waals surface area contributed by atoms with E-state index in [1.165, 1.54) is 17.6 Å². The van der Waals surface area contributed by atoms with Crippen LogP contribution in [0, 0.1) is 13.8 Å². The van der Waals surface area contributed by atoms with Gasteiger partial charge in [-0.1, -0.05) is 35.6 Å². The van der Waals surface area contributed by atoms with Crippen molar-refractivity contribution in [3.8, 4) is 17.2 Å². The number of nitrogens with one attached hydrogen (secondary N) is 1. The molecule has 0 aliphatic rings. The molecule has 0 aliphatic carbocycles. The van der Waals surface area contributed by atoms with Gasteiger partial charge in [0.1, 0.15) is 24.5 Å². The zero-order valence-corrected chi connectivity index (χ0v) is 19.8. The molecule has 3 aromatic rings. The van der Waals surface area contributed by atoms with Crippen molar-refractivity contribution < 1.29 is 19.0 Å². The van der Waals surface area contributed by atoms with Crippen LogP contribution in [0.2, 0.25) is 0 Å². The number of carbonyl (C=O) groups excluding carboxylic acids is 1. The minimum atomic E-state index is -0.333. The highest BCUT2D eigenvalue weighted by Gasteiger charge is 2.12. The molecule has 0 unspecified atom stereocenters. The topological polar surface area (TPSA) is 94.9 Å². The Kier molecular flexibility index (Phi) is 8.54. The molecule has 172 valence electrons. The lowest BCUT2D eigenvalue weighted by Gasteiger charge is -2.14. The molecule has 0 spiro atoms. The number of benzene rings is 2. The van der Waals surface area contributed by atoms with E-state index in [4.69, 9.17) is 14.2 Å². The first kappa shape index (κ1) is 23.9. The lowest BCUT2D eigenvalue weighted by molar-refractivity contribution is -0.112. The summed E-state index contributed by atoms with van der Waals surface area (Å²) in [7, 11) is 3.17. The van der Waals surface area contributed by atoms with Crippen LogP contribution >= 0.6 is 11.3 Å². The first-order valence-electron chi connectivity index (χ1n) is 10.2. The molecule has 0 radical (unpaired) electrons. The maximum atomic E-state index is 12.6. The fourth-order valence-corrected chi connectivity index (χ4v) is 3.53. The van der Waals surface area contributed by atoms with Gasteiger partial charge in [-0.05, 0) is 48.7 Å². The van der Waals surface area contributed by atoms with E-state index >= 15 is 0 Å². The van der Waals surface area contributed by atoms with E-state index < -0.39 is 0 Å². The third-order valence-corrected chi connectivity index (χ3v) is 5.22. The van der Waals surface area contributed by atoms with Crippen LogP contribution in [0.4, 0.5) is 5.13 Å². The Morgan fingerprint density at radius 3 is 2.55 bits per heavy atom. The molecule has 1 N–H and O–H groups in total. The fourth-order valence-electron chi connectivity index (χ4n) is 3.09. The molecule has 0 fully saturated rings. The highest BCUT2D eigenvalue weighted by molar-refractivity contribution is 7.13. The summed E-state index contributed by atoms with van der Waals surface area (Å²) in [6, 6.07) is 11.5. The van der Waals surface area contributed by atoms with Gasteiger partial charge in [0.15, 0.2) is 11.5 Å². The van der Waals surface area contributed by atoms with Gasteiger partial charge < -0.3 is 14.2 Å². The first-order valence-corrected chi connectivity index (χ1v) is 11.1. The van der Waals surface area contributed by atoms with Crippen LogP contribution in [0.15, 0.2) is 52.5 Å². The summed E-state index contributed by atoms with van der Waals surface area (Å²) >= 11 is 1.24. The quantitative estimate of drug-likeness (QED) is 0.271. The van der Waals surface area contributed by atoms with Crippen molar-refractivity contribution in [2.75, 3.05) is 32.7 Å². The number of para-hydroxylation sites is 1. The van der Waals surface area contributed by atoms with Crippen LogP contribution < -0.4 is 19.5 Å². The minimum Gasteiger partial charge on any atom is -0.493 e. The monoisotopic (exact) mass is 466 g/mol. The van der Waals surface area contributed by atoms with Crippen LogP contribution in [0.5, 0.6) is 17.2 Å². The number of hydrogen-bond donors (Lipinski definition) is 1. The largest absolute Gasteiger partial charge is 0.493 e. The molecule has 0 aliphatic heterocycles. The number of ether oxygens (including phenoxy) is 3. The van der Waals surface area contributed by atoms with Crippen LogP contribution in [-0.4, -0.2) is 49.7 Å². The molecule has 0 saturated carbocycles. The molecule has 0 atom stereocenters. The van der Waals surface area contributed by atoms with Crippen molar-refractivity contribution in [1.29, 1.82) is 0 Å². The highest BCUT2D eigenvalue weighted by atomic mass is 32.1. The van der Waals surface area contributed by atoms with Gasteiger partial charge in [-0.15, -0.1) is 10.2 Å². The van der Waals surface area contributed by atoms with Crippen molar-refractivity contribution in [3.05, 3.63) is 64.2 Å². The van der Waals surface area contributed by atoms with E-state index in [2.05, 4.69) is 20.5 Å². The number of hydrogen-bond acceptors (Lipinski definition) is 8. The molecule has 8 nitrogen and oxygen atoms in total. The average Bonchev–Trinajstić information content (AvgIpc) is 3.31. The van der Waals surface area contributed by atoms with Gasteiger partial charge >= 0.3 is 0 Å². The van der Waals surface area contributed by atoms with Gasteiger partial charge in [-0.2, -0.15) is 0 Å². The number of aryl methyl sites for hydroxylation is 2. The van der Waals surface area contributed by atoms with Crippen molar-refractivity contribution in [2.45, 2.75) is 13.8 Å². The van der Waals surface area contributed by atoms with Crippen molar-refractivity contribution in [1.82, 2.24) is 10.2 Å². The van der Waals surface area contributed by atoms with Crippen molar-refractivity contribution in [3.63, 3.8) is 0 Å². The number of anilines is 1. The molecule has 1 aromatic heterocycles. The Hall–Kier alpha value is -3.72. The molecular formula is C24H26N4O4S. The van der Waals surface area contributed by atoms with E-state index in [-0.39, 0.29) is 5.91 Å². The molecule has 0 saturated heterocycles. The van der Waals surface area contributed by atoms with E-state index in [9.17, 15) is 4.79 Å². The second-order valence-electron chi connectivity index (χ2n) is 7.01. The summed E-state index contributed by atoms with van der Waals surface area (Å²) in [6.07, 6.45) is 3.19. The van der Waals surface area contributed by atoms with Crippen LogP contribution in [-0.2, 0) is 4.79 Å². The van der Waals surface area contributed by atoms with Gasteiger partial charge in [0.2, 0.25) is 5.13 Å². The van der Waals surface area contributed by atoms with E-state index in [0.717, 1.165) is 22.4 Å². The standard InChI is InChI=1S/C24H26N4O4S/c1-16-6-5-7-17(2)22(16)32-11-10-31-20-9-8-18(13-21(20)30-4)12-19(14-25-3)23(29)27-24-28-26-15-33-24/h5-9,12-15H,10-11H2,1-4H3,(H,27,28,29)/b19-12-,25-14?. The number of carbonyl (C=O) groups is 1. The second kappa shape index (κ2) is 11.8. The summed E-state index contributed by atoms with van der Waals surface area (Å²) in [5.41, 5.74) is 4.85. The van der Waals surface area contributed by atoms with E-state index in [1.807, 2.05) is 38.1 Å². The van der Waals surface area contributed by atoms with Crippen LogP contribution in [0.25, 0.3) is 6.08 Å². The smallest absolute Gasteiger partial charge is 0.259 e. The summed E-state index contributed by atoms with van der Waals surface area (Å²) in [6.45, 7) is 4.80. The molecule has 3 rings (SSSR count). The van der Waals surface area contributed by atoms with Crippen molar-refractivity contribution in [2.24, 2.45) is 4.99 Å². The number of amides is 1. The second-order valence-corrected chi connectivity index (χ2v) is 7.85. The predicted molar refractivity (Wildman–Crippen MR) is 131 cm³/mol. The molecular weight excluding hydrogens is 440 g/mol. The normalized spacial score (nSPS) is 11.5. The molecule has 2 aromatic carbocycles. The molecule has 0 bridgehead atoms. The number of aromatic nitrogens is 2. The number of methoxy groups -OCH3 is 1. The van der Waals surface area contributed by atoms with Crippen LogP contribution in [0.3, 0.4) is 0 Å². The van der Waals surface area contributed by atoms with Gasteiger partial charge in [-0.3, -0.25) is 15.1 Å². The molecule has 1 heterocycles. The number of rotatable bonds is 10. The number of nitrogens with zero attached hydrogens (tertiary/aromatic N) is 3. The van der Waals surface area contributed by atoms with E-state index in [1.54, 1.807) is 37.9 Å². The Bertz CT molecular complexity index is 1120. The first-order chi connectivity index (χ1) is 16.0. The summed E-state index contributed by atoms with van der Waals surface area (Å²) in [5, 5.41) is 10.7. The zero-order valence-electron chi connectivity index (χ0n) is 19.0. The highest BCUT2D eigenvalue weighted by Crippen LogP contribution is 2.29. The maximum Gasteiger partial charge on any atom is 0.259 e.